The Kier molecular flexibility index (Phi) is 2.76. The summed E-state index contributed by atoms with van der Waals surface area (Å²) in [7, 11) is 0. The first-order valence-corrected chi connectivity index (χ1v) is 5.81. The SMILES string of the molecule is O=C(O)c1cnn(-c2cccc(O)c2)c1-c1ccco1. The third kappa shape index (κ3) is 1.93. The van der Waals surface area contributed by atoms with Gasteiger partial charge in [0.1, 0.15) is 17.0 Å². The first-order valence-electron chi connectivity index (χ1n) is 5.81. The molecule has 0 saturated heterocycles. The number of rotatable bonds is 3. The molecule has 0 amide bonds. The van der Waals surface area contributed by atoms with Crippen molar-refractivity contribution in [1.82, 2.24) is 9.78 Å². The highest BCUT2D eigenvalue weighted by Gasteiger charge is 2.21. The number of phenolic OH excluding ortho intramolecular Hbond substituents is 1. The molecule has 0 unspecified atom stereocenters. The molecule has 6 nitrogen and oxygen atoms in total. The van der Waals surface area contributed by atoms with E-state index in [4.69, 9.17) is 4.42 Å². The van der Waals surface area contributed by atoms with Crippen molar-refractivity contribution in [2.24, 2.45) is 0 Å². The zero-order valence-corrected chi connectivity index (χ0v) is 10.2. The minimum Gasteiger partial charge on any atom is -0.508 e. The minimum absolute atomic E-state index is 0.0308. The fourth-order valence-corrected chi connectivity index (χ4v) is 1.98. The molecule has 100 valence electrons. The maximum absolute atomic E-state index is 11.3. The van der Waals surface area contributed by atoms with E-state index in [0.717, 1.165) is 0 Å². The number of furan rings is 1. The topological polar surface area (TPSA) is 88.5 Å². The molecule has 0 saturated carbocycles. The van der Waals surface area contributed by atoms with Gasteiger partial charge in [-0.15, -0.1) is 0 Å². The van der Waals surface area contributed by atoms with Crippen LogP contribution in [0.5, 0.6) is 5.75 Å². The summed E-state index contributed by atoms with van der Waals surface area (Å²) < 4.78 is 6.69. The van der Waals surface area contributed by atoms with Crippen LogP contribution in [0.25, 0.3) is 17.1 Å². The van der Waals surface area contributed by atoms with Crippen LogP contribution < -0.4 is 0 Å². The third-order valence-electron chi connectivity index (χ3n) is 2.83. The summed E-state index contributed by atoms with van der Waals surface area (Å²) in [4.78, 5) is 11.3. The molecular weight excluding hydrogens is 260 g/mol. The zero-order valence-electron chi connectivity index (χ0n) is 10.2. The van der Waals surface area contributed by atoms with E-state index in [-0.39, 0.29) is 11.3 Å². The van der Waals surface area contributed by atoms with E-state index >= 15 is 0 Å². The summed E-state index contributed by atoms with van der Waals surface area (Å²) in [6.07, 6.45) is 2.71. The van der Waals surface area contributed by atoms with Gasteiger partial charge in [-0.25, -0.2) is 9.48 Å². The van der Waals surface area contributed by atoms with Crippen LogP contribution in [0.3, 0.4) is 0 Å². The summed E-state index contributed by atoms with van der Waals surface area (Å²) in [5.41, 5.74) is 0.903. The number of carboxylic acids is 1. The third-order valence-corrected chi connectivity index (χ3v) is 2.83. The normalized spacial score (nSPS) is 10.6. The highest BCUT2D eigenvalue weighted by atomic mass is 16.4. The Hall–Kier alpha value is -3.02. The summed E-state index contributed by atoms with van der Waals surface area (Å²) in [6.45, 7) is 0. The van der Waals surface area contributed by atoms with Crippen LogP contribution in [0.15, 0.2) is 53.3 Å². The van der Waals surface area contributed by atoms with Crippen molar-refractivity contribution in [1.29, 1.82) is 0 Å². The van der Waals surface area contributed by atoms with Gasteiger partial charge in [-0.05, 0) is 24.3 Å². The number of nitrogens with zero attached hydrogens (tertiary/aromatic N) is 2. The number of aromatic carboxylic acids is 1. The maximum Gasteiger partial charge on any atom is 0.339 e. The van der Waals surface area contributed by atoms with E-state index in [9.17, 15) is 15.0 Å². The smallest absolute Gasteiger partial charge is 0.339 e. The van der Waals surface area contributed by atoms with Crippen molar-refractivity contribution in [2.75, 3.05) is 0 Å². The molecule has 0 aliphatic heterocycles. The second-order valence-electron chi connectivity index (χ2n) is 4.12. The Labute approximate surface area is 113 Å². The molecule has 0 fully saturated rings. The van der Waals surface area contributed by atoms with Crippen molar-refractivity contribution in [3.05, 3.63) is 54.4 Å². The Balaban J connectivity index is 2.24. The van der Waals surface area contributed by atoms with Gasteiger partial charge >= 0.3 is 5.97 Å². The molecule has 0 bridgehead atoms. The lowest BCUT2D eigenvalue weighted by atomic mass is 10.2. The van der Waals surface area contributed by atoms with Gasteiger partial charge in [0.25, 0.3) is 0 Å². The quantitative estimate of drug-likeness (QED) is 0.763. The molecule has 6 heteroatoms. The average Bonchev–Trinajstić information content (AvgIpc) is 3.07. The van der Waals surface area contributed by atoms with Crippen molar-refractivity contribution < 1.29 is 19.4 Å². The Morgan fingerprint density at radius 2 is 2.10 bits per heavy atom. The predicted molar refractivity (Wildman–Crippen MR) is 69.9 cm³/mol. The number of carboxylic acid groups (broad SMARTS) is 1. The molecule has 2 aromatic heterocycles. The van der Waals surface area contributed by atoms with Crippen molar-refractivity contribution in [3.8, 4) is 22.9 Å². The molecule has 3 aromatic rings. The molecule has 0 aliphatic carbocycles. The number of benzene rings is 1. The van der Waals surface area contributed by atoms with Gasteiger partial charge in [0.2, 0.25) is 0 Å². The average molecular weight is 270 g/mol. The molecule has 0 radical (unpaired) electrons. The molecule has 3 rings (SSSR count). The minimum atomic E-state index is -1.09. The summed E-state index contributed by atoms with van der Waals surface area (Å²) in [5.74, 6) is -0.633. The number of hydrogen-bond donors (Lipinski definition) is 2. The lowest BCUT2D eigenvalue weighted by Gasteiger charge is -2.06. The first-order chi connectivity index (χ1) is 9.66. The van der Waals surface area contributed by atoms with E-state index in [2.05, 4.69) is 5.10 Å². The van der Waals surface area contributed by atoms with Crippen LogP contribution in [0.1, 0.15) is 10.4 Å². The molecule has 0 aliphatic rings. The fraction of sp³-hybridized carbons (Fsp3) is 0. The van der Waals surface area contributed by atoms with Gasteiger partial charge in [-0.3, -0.25) is 0 Å². The monoisotopic (exact) mass is 270 g/mol. The van der Waals surface area contributed by atoms with Crippen molar-refractivity contribution >= 4 is 5.97 Å². The Bertz CT molecular complexity index is 759. The fourth-order valence-electron chi connectivity index (χ4n) is 1.98. The highest BCUT2D eigenvalue weighted by molar-refractivity contribution is 5.94. The van der Waals surface area contributed by atoms with Gasteiger partial charge < -0.3 is 14.6 Å². The summed E-state index contributed by atoms with van der Waals surface area (Å²) >= 11 is 0. The number of aromatic hydroxyl groups is 1. The van der Waals surface area contributed by atoms with Crippen molar-refractivity contribution in [2.45, 2.75) is 0 Å². The number of hydrogen-bond acceptors (Lipinski definition) is 4. The zero-order chi connectivity index (χ0) is 14.1. The number of carbonyl (C=O) groups is 1. The first kappa shape index (κ1) is 12.0. The van der Waals surface area contributed by atoms with Crippen LogP contribution in [0.2, 0.25) is 0 Å². The van der Waals surface area contributed by atoms with E-state index in [1.54, 1.807) is 24.3 Å². The Morgan fingerprint density at radius 1 is 1.25 bits per heavy atom. The molecule has 0 atom stereocenters. The van der Waals surface area contributed by atoms with E-state index in [0.29, 0.717) is 17.1 Å². The number of phenols is 1. The van der Waals surface area contributed by atoms with Crippen LogP contribution >= 0.6 is 0 Å². The molecule has 2 heterocycles. The van der Waals surface area contributed by atoms with Crippen LogP contribution in [-0.2, 0) is 0 Å². The van der Waals surface area contributed by atoms with E-state index in [1.165, 1.54) is 29.3 Å². The standard InChI is InChI=1S/C14H10N2O4/c17-10-4-1-3-9(7-10)16-13(12-5-2-6-20-12)11(8-15-16)14(18)19/h1-8,17H,(H,18,19). The van der Waals surface area contributed by atoms with E-state index < -0.39 is 5.97 Å². The maximum atomic E-state index is 11.3. The molecule has 2 N–H and O–H groups in total. The van der Waals surface area contributed by atoms with Crippen molar-refractivity contribution in [3.63, 3.8) is 0 Å². The molecular formula is C14H10N2O4. The number of aromatic nitrogens is 2. The second kappa shape index (κ2) is 4.58. The van der Waals surface area contributed by atoms with Gasteiger partial charge in [0, 0.05) is 6.07 Å². The lowest BCUT2D eigenvalue weighted by molar-refractivity contribution is 0.0697. The van der Waals surface area contributed by atoms with Crippen LogP contribution in [-0.4, -0.2) is 26.0 Å². The molecule has 20 heavy (non-hydrogen) atoms. The van der Waals surface area contributed by atoms with Gasteiger partial charge in [-0.2, -0.15) is 5.10 Å². The summed E-state index contributed by atoms with van der Waals surface area (Å²) in [5, 5.41) is 22.8. The highest BCUT2D eigenvalue weighted by Crippen LogP contribution is 2.28. The van der Waals surface area contributed by atoms with Crippen LogP contribution in [0, 0.1) is 0 Å². The predicted octanol–water partition coefficient (Wildman–Crippen LogP) is 2.54. The Morgan fingerprint density at radius 3 is 2.75 bits per heavy atom. The van der Waals surface area contributed by atoms with Gasteiger partial charge in [0.05, 0.1) is 18.1 Å². The summed E-state index contributed by atoms with van der Waals surface area (Å²) in [6, 6.07) is 9.70. The van der Waals surface area contributed by atoms with Gasteiger partial charge in [0.15, 0.2) is 5.76 Å². The second-order valence-corrected chi connectivity index (χ2v) is 4.12. The largest absolute Gasteiger partial charge is 0.508 e. The lowest BCUT2D eigenvalue weighted by Crippen LogP contribution is -2.02. The van der Waals surface area contributed by atoms with Gasteiger partial charge in [-0.1, -0.05) is 6.07 Å². The molecule has 1 aromatic carbocycles. The molecule has 0 spiro atoms. The van der Waals surface area contributed by atoms with E-state index in [1.807, 2.05) is 0 Å². The van der Waals surface area contributed by atoms with Crippen LogP contribution in [0.4, 0.5) is 0 Å².